The number of benzene rings is 3. The summed E-state index contributed by atoms with van der Waals surface area (Å²) < 4.78 is 5.52. The first-order chi connectivity index (χ1) is 43.6. The van der Waals surface area contributed by atoms with Gasteiger partial charge in [-0.1, -0.05) is 36.5 Å². The molecule has 91 heavy (non-hydrogen) atoms. The summed E-state index contributed by atoms with van der Waals surface area (Å²) in [5, 5.41) is 101. The van der Waals surface area contributed by atoms with Gasteiger partial charge in [0.05, 0.1) is 36.6 Å². The molecule has 30 nitrogen and oxygen atoms in total. The number of piperazine rings is 1. The summed E-state index contributed by atoms with van der Waals surface area (Å²) in [5.41, 5.74) is 14.2. The van der Waals surface area contributed by atoms with Crippen LogP contribution in [0.5, 0.6) is 11.5 Å². The number of nitrogens with zero attached hydrogens (tertiary/aromatic N) is 8. The molecule has 9 rings (SSSR count). The van der Waals surface area contributed by atoms with Crippen LogP contribution in [0.4, 0.5) is 11.6 Å². The lowest BCUT2D eigenvalue weighted by Crippen LogP contribution is -2.64. The lowest BCUT2D eigenvalue weighted by molar-refractivity contribution is -0.147. The highest BCUT2D eigenvalue weighted by Gasteiger charge is 2.50. The van der Waals surface area contributed by atoms with E-state index in [1.807, 2.05) is 24.3 Å². The number of rotatable bonds is 16. The number of hydrogen-bond acceptors (Lipinski definition) is 24. The molecular formula is C60H77N15O15S. The number of aliphatic hydroxyl groups is 6. The predicted molar refractivity (Wildman–Crippen MR) is 328 cm³/mol. The van der Waals surface area contributed by atoms with Crippen molar-refractivity contribution in [2.45, 2.75) is 112 Å². The molecule has 4 aliphatic heterocycles. The molecule has 13 atom stereocenters. The molecule has 4 aliphatic rings. The Labute approximate surface area is 527 Å². The number of carbonyl (C=O) groups is 7. The molecule has 16 N–H and O–H groups in total. The molecule has 31 heteroatoms. The Morgan fingerprint density at radius 3 is 2.00 bits per heavy atom. The van der Waals surface area contributed by atoms with E-state index >= 15 is 0 Å². The summed E-state index contributed by atoms with van der Waals surface area (Å²) in [6.45, 7) is 4.15. The number of nitrogens with one attached hydrogen (secondary N) is 5. The third-order valence-corrected chi connectivity index (χ3v) is 17.5. The zero-order chi connectivity index (χ0) is 65.2. The van der Waals surface area contributed by atoms with Gasteiger partial charge in [0, 0.05) is 112 Å². The first-order valence-electron chi connectivity index (χ1n) is 30.0. The molecule has 0 saturated carbocycles. The maximum absolute atomic E-state index is 14.7. The summed E-state index contributed by atoms with van der Waals surface area (Å²) in [5.74, 6) is -7.97. The van der Waals surface area contributed by atoms with Crippen molar-refractivity contribution in [3.05, 3.63) is 96.3 Å². The molecule has 488 valence electrons. The number of fused-ring (bicyclic) bond motifs is 2. The minimum atomic E-state index is -2.04. The van der Waals surface area contributed by atoms with Gasteiger partial charge in [-0.2, -0.15) is 0 Å². The quantitative estimate of drug-likeness (QED) is 0.0453. The molecule has 4 fully saturated rings. The second-order valence-corrected chi connectivity index (χ2v) is 24.1. The zero-order valence-corrected chi connectivity index (χ0v) is 50.8. The van der Waals surface area contributed by atoms with Crippen LogP contribution in [0.25, 0.3) is 21.1 Å². The van der Waals surface area contributed by atoms with Gasteiger partial charge in [0.2, 0.25) is 41.4 Å². The van der Waals surface area contributed by atoms with E-state index < -0.39 is 152 Å². The van der Waals surface area contributed by atoms with Crippen LogP contribution in [0.1, 0.15) is 49.0 Å². The van der Waals surface area contributed by atoms with Crippen LogP contribution >= 0.6 is 11.3 Å². The largest absolute Gasteiger partial charge is 0.504 e. The van der Waals surface area contributed by atoms with E-state index in [1.165, 1.54) is 48.6 Å². The molecule has 0 bridgehead atoms. The van der Waals surface area contributed by atoms with E-state index in [1.54, 1.807) is 30.6 Å². The average molecular weight is 1280 g/mol. The number of aromatic hydroxyl groups is 1. The highest BCUT2D eigenvalue weighted by atomic mass is 32.1. The summed E-state index contributed by atoms with van der Waals surface area (Å²) in [6.07, 6.45) is -8.43. The van der Waals surface area contributed by atoms with Crippen molar-refractivity contribution in [1.29, 1.82) is 0 Å². The first-order valence-corrected chi connectivity index (χ1v) is 30.8. The van der Waals surface area contributed by atoms with Gasteiger partial charge in [-0.25, -0.2) is 9.97 Å². The van der Waals surface area contributed by atoms with Crippen molar-refractivity contribution in [3.8, 4) is 32.6 Å². The number of β-amino-alcohol motifs (C(OH)–C–C–N with tert-alkyl or cyclic N) is 1. The molecule has 0 unspecified atom stereocenters. The van der Waals surface area contributed by atoms with Crippen LogP contribution < -0.4 is 52.6 Å². The van der Waals surface area contributed by atoms with Crippen LogP contribution in [0.2, 0.25) is 0 Å². The van der Waals surface area contributed by atoms with Crippen molar-refractivity contribution < 1.29 is 74.0 Å². The lowest BCUT2D eigenvalue weighted by Gasteiger charge is -2.36. The fraction of sp³-hybridized carbons (Fsp3) is 0.483. The van der Waals surface area contributed by atoms with Gasteiger partial charge in [-0.05, 0) is 80.1 Å². The zero-order valence-electron chi connectivity index (χ0n) is 50.0. The molecule has 3 aromatic carbocycles. The highest BCUT2D eigenvalue weighted by molar-refractivity contribution is 7.17. The smallest absolute Gasteiger partial charge is 0.251 e. The van der Waals surface area contributed by atoms with Crippen LogP contribution in [-0.2, 0) is 35.2 Å². The maximum atomic E-state index is 14.7. The summed E-state index contributed by atoms with van der Waals surface area (Å²) in [7, 11) is 0. The third-order valence-electron chi connectivity index (χ3n) is 16.5. The van der Waals surface area contributed by atoms with Crippen LogP contribution in [0.15, 0.2) is 85.2 Å². The van der Waals surface area contributed by atoms with Crippen molar-refractivity contribution in [2.75, 3.05) is 75.3 Å². The fourth-order valence-corrected chi connectivity index (χ4v) is 12.3. The molecule has 5 aromatic rings. The Balaban J connectivity index is 0.959. The molecular weight excluding hydrogens is 1200 g/mol. The Kier molecular flexibility index (Phi) is 22.1. The Morgan fingerprint density at radius 1 is 0.725 bits per heavy atom. The summed E-state index contributed by atoms with van der Waals surface area (Å²) >= 11 is 1.32. The number of amides is 7. The van der Waals surface area contributed by atoms with E-state index in [-0.39, 0.29) is 55.3 Å². The van der Waals surface area contributed by atoms with Gasteiger partial charge in [0.1, 0.15) is 52.9 Å². The normalized spacial score (nSPS) is 25.9. The van der Waals surface area contributed by atoms with Gasteiger partial charge >= 0.3 is 0 Å². The lowest BCUT2D eigenvalue weighted by atomic mass is 9.98. The van der Waals surface area contributed by atoms with E-state index in [0.717, 1.165) is 54.2 Å². The van der Waals surface area contributed by atoms with E-state index in [4.69, 9.17) is 16.2 Å². The van der Waals surface area contributed by atoms with Crippen LogP contribution in [0.3, 0.4) is 0 Å². The van der Waals surface area contributed by atoms with Crippen molar-refractivity contribution >= 4 is 64.3 Å². The number of anilines is 2. The van der Waals surface area contributed by atoms with E-state index in [2.05, 4.69) is 56.5 Å². The maximum Gasteiger partial charge on any atom is 0.251 e. The van der Waals surface area contributed by atoms with Crippen LogP contribution in [0, 0.1) is 5.92 Å². The van der Waals surface area contributed by atoms with Gasteiger partial charge in [0.15, 0.2) is 11.5 Å². The van der Waals surface area contributed by atoms with Crippen molar-refractivity contribution in [2.24, 2.45) is 17.4 Å². The molecule has 4 saturated heterocycles. The van der Waals surface area contributed by atoms with Crippen LogP contribution in [-0.4, -0.2) is 245 Å². The van der Waals surface area contributed by atoms with Gasteiger partial charge in [-0.15, -0.1) is 10.2 Å². The number of aliphatic hydroxyl groups excluding tert-OH is 6. The fourth-order valence-electron chi connectivity index (χ4n) is 11.5. The van der Waals surface area contributed by atoms with Crippen molar-refractivity contribution in [1.82, 2.24) is 56.5 Å². The Hall–Kier alpha value is -8.53. The average Bonchev–Trinajstić information content (AvgIpc) is 1.84. The number of phenolic OH excluding ortho intramolecular Hbond substituents is 1. The number of carbonyl (C=O) groups excluding carboxylic acids is 7. The third kappa shape index (κ3) is 16.0. The second kappa shape index (κ2) is 30.1. The molecule has 0 aliphatic carbocycles. The monoisotopic (exact) mass is 1280 g/mol. The van der Waals surface area contributed by atoms with Gasteiger partial charge in [-0.3, -0.25) is 33.6 Å². The summed E-state index contributed by atoms with van der Waals surface area (Å²) in [6, 6.07) is 8.97. The number of aromatic nitrogens is 4. The second-order valence-electron chi connectivity index (χ2n) is 23.1. The number of nitrogens with two attached hydrogens (primary N) is 2. The van der Waals surface area contributed by atoms with Gasteiger partial charge < -0.3 is 98.1 Å². The topological polar surface area (TPSA) is 447 Å². The van der Waals surface area contributed by atoms with E-state index in [9.17, 15) is 69.3 Å². The van der Waals surface area contributed by atoms with E-state index in [0.29, 0.717) is 21.5 Å². The highest BCUT2D eigenvalue weighted by Crippen LogP contribution is 2.33. The minimum Gasteiger partial charge on any atom is -0.504 e. The number of hydrogen-bond donors (Lipinski definition) is 14. The van der Waals surface area contributed by atoms with Gasteiger partial charge in [0.25, 0.3) is 5.91 Å². The molecule has 7 amide bonds. The molecule has 0 spiro atoms. The molecule has 6 heterocycles. The Morgan fingerprint density at radius 2 is 1.35 bits per heavy atom. The number of phenols is 1. The van der Waals surface area contributed by atoms with Crippen molar-refractivity contribution in [3.63, 3.8) is 0 Å². The molecule has 0 radical (unpaired) electrons. The minimum absolute atomic E-state index is 0.00651. The summed E-state index contributed by atoms with van der Waals surface area (Å²) in [4.78, 5) is 116. The standard InChI is InChI=1S/C60H77N15O15S/c1-31-29-75-49(50(31)82)55(87)65-28-38(77)26-40(66-51(83)34-5-7-35(8-6-34)56-70-71-57(91-56)36-9-11-37(12-10-36)72-19-21-73(22-20-72)60-63-17-3-18-64-60)52(84)67-46(32(2)76)58(88)74-30-39(78)27-41(74)53(85)68-47(54(86)69-48(59(75)89)43(80)14-15-61)44(81)24-33-4-13-42(79)45(25-33)90-23-16-62/h3-13,17-18,25,31-32,38-41,43-44,46-50,76-82H,14-16,19-24,26-30,61-62H2,1-2H3,(H,65,87)(H,66,83)(H,67,84)(H,68,85)(H,69,86)/t31-,32+,38+,39+,40-,41-,43+,44+,46-,47-,48-,49-,50-/m0/s1. The molecule has 2 aromatic heterocycles. The predicted octanol–water partition coefficient (Wildman–Crippen LogP) is -3.67. The Bertz CT molecular complexity index is 3360. The number of ether oxygens (including phenoxy) is 1. The SMILES string of the molecule is C[C@@H](O)[C@@H]1NC(=O)[C@@H](NC(=O)c2ccc(-c3nnc(-c4ccc(N5CCN(c6ncccn6)CC5)cc4)s3)cc2)C[C@@H](O)CNC(=O)[C@@H]2[C@@H](O)[C@@H](C)CN2C(=O)[C@H]([C@H](O)CCN)NC(=O)[C@H]([C@H](O)Cc2ccc(O)c(OCCN)c2)NC(=O)[C@@H]2C[C@@H](O)CN2C1=O. The first kappa shape index (κ1) is 66.9.